The first-order chi connectivity index (χ1) is 15.7. The van der Waals surface area contributed by atoms with Gasteiger partial charge in [0.1, 0.15) is 0 Å². The van der Waals surface area contributed by atoms with Crippen molar-refractivity contribution in [2.24, 2.45) is 11.7 Å². The molecule has 3 fully saturated rings. The van der Waals surface area contributed by atoms with Gasteiger partial charge in [-0.05, 0) is 48.7 Å². The van der Waals surface area contributed by atoms with Crippen LogP contribution < -0.4 is 27.1 Å². The zero-order valence-corrected chi connectivity index (χ0v) is 18.9. The highest BCUT2D eigenvalue weighted by Gasteiger charge is 2.48. The third-order valence-corrected chi connectivity index (χ3v) is 6.79. The number of benzene rings is 1. The highest BCUT2D eigenvalue weighted by atomic mass is 15.6. The first-order valence-electron chi connectivity index (χ1n) is 11.8. The maximum atomic E-state index is 5.72. The van der Waals surface area contributed by atoms with Crippen LogP contribution in [0, 0.1) is 5.92 Å². The average molecular weight is 437 g/mol. The van der Waals surface area contributed by atoms with E-state index in [1.54, 1.807) is 0 Å². The predicted octanol–water partition coefficient (Wildman–Crippen LogP) is 0.704. The fourth-order valence-electron chi connectivity index (χ4n) is 4.98. The first kappa shape index (κ1) is 21.9. The van der Waals surface area contributed by atoms with E-state index < -0.39 is 0 Å². The normalized spacial score (nSPS) is 28.2. The van der Waals surface area contributed by atoms with Gasteiger partial charge in [-0.15, -0.1) is 0 Å². The lowest BCUT2D eigenvalue weighted by Gasteiger charge is -2.43. The Morgan fingerprint density at radius 2 is 2.00 bits per heavy atom. The molecule has 1 saturated carbocycles. The number of hydrogen-bond donors (Lipinski definition) is 5. The lowest BCUT2D eigenvalue weighted by Crippen LogP contribution is -2.65. The molecule has 2 aromatic rings. The van der Waals surface area contributed by atoms with Crippen LogP contribution in [0.2, 0.25) is 0 Å². The molecule has 4 unspecified atom stereocenters. The minimum absolute atomic E-state index is 0.0899. The molecule has 2 saturated heterocycles. The van der Waals surface area contributed by atoms with E-state index in [1.807, 2.05) is 12.4 Å². The van der Waals surface area contributed by atoms with Crippen LogP contribution in [0.15, 0.2) is 48.8 Å². The van der Waals surface area contributed by atoms with Gasteiger partial charge in [0.2, 0.25) is 0 Å². The number of nitrogens with one attached hydrogen (secondary N) is 4. The molecule has 0 spiro atoms. The molecule has 8 heteroatoms. The van der Waals surface area contributed by atoms with Crippen LogP contribution in [0.5, 0.6) is 0 Å². The van der Waals surface area contributed by atoms with Crippen molar-refractivity contribution < 1.29 is 0 Å². The van der Waals surface area contributed by atoms with Crippen LogP contribution in [-0.2, 0) is 13.1 Å². The van der Waals surface area contributed by atoms with Gasteiger partial charge in [-0.2, -0.15) is 0 Å². The second-order valence-electron chi connectivity index (χ2n) is 9.36. The first-order valence-corrected chi connectivity index (χ1v) is 11.8. The monoisotopic (exact) mass is 436 g/mol. The zero-order valence-electron chi connectivity index (χ0n) is 18.9. The van der Waals surface area contributed by atoms with E-state index >= 15 is 0 Å². The molecule has 1 aromatic carbocycles. The van der Waals surface area contributed by atoms with Crippen LogP contribution in [-0.4, -0.2) is 59.9 Å². The SMILES string of the molecule is CN(CCN)Cc1cccc(C2NC(NCc3ccncc3)C3CNN(C4CC4)C3N2)c1. The Hall–Kier alpha value is -1.91. The summed E-state index contributed by atoms with van der Waals surface area (Å²) in [6.07, 6.45) is 6.90. The predicted molar refractivity (Wildman–Crippen MR) is 126 cm³/mol. The Labute approximate surface area is 190 Å². The molecule has 1 aliphatic carbocycles. The minimum Gasteiger partial charge on any atom is -0.329 e. The number of rotatable bonds is 9. The highest BCUT2D eigenvalue weighted by molar-refractivity contribution is 5.27. The highest BCUT2D eigenvalue weighted by Crippen LogP contribution is 2.35. The van der Waals surface area contributed by atoms with Crippen molar-refractivity contribution in [1.29, 1.82) is 0 Å². The molecule has 3 aliphatic rings. The van der Waals surface area contributed by atoms with E-state index in [-0.39, 0.29) is 12.3 Å². The fourth-order valence-corrected chi connectivity index (χ4v) is 4.98. The van der Waals surface area contributed by atoms with Crippen molar-refractivity contribution in [2.45, 2.75) is 50.5 Å². The molecule has 2 aliphatic heterocycles. The lowest BCUT2D eigenvalue weighted by molar-refractivity contribution is 0.0634. The van der Waals surface area contributed by atoms with Crippen LogP contribution >= 0.6 is 0 Å². The number of fused-ring (bicyclic) bond motifs is 1. The Morgan fingerprint density at radius 1 is 1.16 bits per heavy atom. The van der Waals surface area contributed by atoms with Gasteiger partial charge in [-0.3, -0.25) is 26.4 Å². The summed E-state index contributed by atoms with van der Waals surface area (Å²) >= 11 is 0. The standard InChI is InChI=1S/C24H36N8/c1-31(12-9-25)16-18-3-2-4-19(13-18)22-29-23(27-14-17-7-10-26-11-8-17)21-15-28-32(20-5-6-20)24(21)30-22/h2-4,7-8,10-11,13,20-24,27-30H,5-6,9,12,14-16,25H2,1H3. The summed E-state index contributed by atoms with van der Waals surface area (Å²) in [5.41, 5.74) is 13.2. The molecule has 172 valence electrons. The van der Waals surface area contributed by atoms with Crippen LogP contribution in [0.3, 0.4) is 0 Å². The summed E-state index contributed by atoms with van der Waals surface area (Å²) in [5, 5.41) is 14.0. The van der Waals surface area contributed by atoms with E-state index in [9.17, 15) is 0 Å². The quantitative estimate of drug-likeness (QED) is 0.392. The number of hydrazine groups is 1. The van der Waals surface area contributed by atoms with Crippen molar-refractivity contribution >= 4 is 0 Å². The second kappa shape index (κ2) is 9.93. The fraction of sp³-hybridized carbons (Fsp3) is 0.542. The molecule has 32 heavy (non-hydrogen) atoms. The molecule has 3 heterocycles. The Balaban J connectivity index is 1.33. The van der Waals surface area contributed by atoms with Crippen molar-refractivity contribution in [3.63, 3.8) is 0 Å². The topological polar surface area (TPSA) is 93.5 Å². The van der Waals surface area contributed by atoms with Gasteiger partial charge in [0.25, 0.3) is 0 Å². The molecule has 0 bridgehead atoms. The average Bonchev–Trinajstić information content (AvgIpc) is 3.57. The van der Waals surface area contributed by atoms with Crippen LogP contribution in [0.4, 0.5) is 0 Å². The molecule has 6 N–H and O–H groups in total. The van der Waals surface area contributed by atoms with E-state index in [0.29, 0.717) is 24.7 Å². The molecule has 8 nitrogen and oxygen atoms in total. The summed E-state index contributed by atoms with van der Waals surface area (Å²) in [5.74, 6) is 0.451. The van der Waals surface area contributed by atoms with Crippen molar-refractivity contribution in [3.05, 3.63) is 65.5 Å². The Kier molecular flexibility index (Phi) is 6.80. The van der Waals surface area contributed by atoms with Gasteiger partial charge in [-0.25, -0.2) is 5.01 Å². The van der Waals surface area contributed by atoms with Crippen molar-refractivity contribution in [3.8, 4) is 0 Å². The summed E-state index contributed by atoms with van der Waals surface area (Å²) in [7, 11) is 2.12. The molecule has 4 atom stereocenters. The second-order valence-corrected chi connectivity index (χ2v) is 9.36. The molecular formula is C24H36N8. The largest absolute Gasteiger partial charge is 0.329 e. The summed E-state index contributed by atoms with van der Waals surface area (Å²) in [6.45, 7) is 4.29. The lowest BCUT2D eigenvalue weighted by atomic mass is 9.97. The van der Waals surface area contributed by atoms with E-state index in [4.69, 9.17) is 5.73 Å². The Bertz CT molecular complexity index is 873. The summed E-state index contributed by atoms with van der Waals surface area (Å²) in [6, 6.07) is 13.7. The van der Waals surface area contributed by atoms with Gasteiger partial charge in [0, 0.05) is 57.1 Å². The minimum atomic E-state index is 0.0899. The van der Waals surface area contributed by atoms with Gasteiger partial charge >= 0.3 is 0 Å². The van der Waals surface area contributed by atoms with Gasteiger partial charge in [0.15, 0.2) is 0 Å². The van der Waals surface area contributed by atoms with Crippen molar-refractivity contribution in [2.75, 3.05) is 26.7 Å². The number of nitrogens with zero attached hydrogens (tertiary/aromatic N) is 3. The van der Waals surface area contributed by atoms with E-state index in [1.165, 1.54) is 29.5 Å². The molecule has 0 radical (unpaired) electrons. The van der Waals surface area contributed by atoms with Crippen LogP contribution in [0.1, 0.15) is 35.7 Å². The maximum Gasteiger partial charge on any atom is 0.0860 e. The molecule has 1 aromatic heterocycles. The number of nitrogens with two attached hydrogens (primary N) is 1. The smallest absolute Gasteiger partial charge is 0.0860 e. The number of aromatic nitrogens is 1. The molecular weight excluding hydrogens is 400 g/mol. The van der Waals surface area contributed by atoms with E-state index in [0.717, 1.165) is 26.2 Å². The van der Waals surface area contributed by atoms with Gasteiger partial charge in [-0.1, -0.05) is 24.3 Å². The number of hydrogen-bond acceptors (Lipinski definition) is 8. The third-order valence-electron chi connectivity index (χ3n) is 6.79. The van der Waals surface area contributed by atoms with Crippen molar-refractivity contribution in [1.82, 2.24) is 36.3 Å². The molecule has 5 rings (SSSR count). The summed E-state index contributed by atoms with van der Waals surface area (Å²) < 4.78 is 0. The zero-order chi connectivity index (χ0) is 21.9. The van der Waals surface area contributed by atoms with Gasteiger partial charge in [0.05, 0.1) is 18.5 Å². The van der Waals surface area contributed by atoms with Crippen LogP contribution in [0.25, 0.3) is 0 Å². The Morgan fingerprint density at radius 3 is 2.78 bits per heavy atom. The van der Waals surface area contributed by atoms with Gasteiger partial charge < -0.3 is 10.6 Å². The summed E-state index contributed by atoms with van der Waals surface area (Å²) in [4.78, 5) is 6.41. The number of likely N-dealkylation sites (N-methyl/N-ethyl adjacent to an activating group) is 1. The number of pyridine rings is 1. The van der Waals surface area contributed by atoms with E-state index in [2.05, 4.69) is 79.7 Å². The third kappa shape index (κ3) is 5.02. The maximum absolute atomic E-state index is 5.72. The molecule has 0 amide bonds.